The van der Waals surface area contributed by atoms with Gasteiger partial charge in [-0.15, -0.1) is 0 Å². The number of rotatable bonds is 0. The molecule has 3 heteroatoms. The van der Waals surface area contributed by atoms with Crippen molar-refractivity contribution >= 4 is 0 Å². The highest BCUT2D eigenvalue weighted by atomic mass is 16.8. The molecule has 1 N–H and O–H groups in total. The van der Waals surface area contributed by atoms with Crippen LogP contribution in [0.5, 0.6) is 0 Å². The van der Waals surface area contributed by atoms with E-state index in [2.05, 4.69) is 40.7 Å². The molecule has 3 nitrogen and oxygen atoms in total. The molecule has 27 heavy (non-hydrogen) atoms. The number of aliphatic hydroxyl groups is 1. The van der Waals surface area contributed by atoms with E-state index in [-0.39, 0.29) is 23.7 Å². The molecule has 1 aliphatic heterocycles. The van der Waals surface area contributed by atoms with Gasteiger partial charge in [-0.05, 0) is 100 Å². The highest BCUT2D eigenvalue weighted by molar-refractivity contribution is 5.25. The SMILES string of the molecule is C/C=C1/CC[C@H]2[C@@H]3[C@H]4OC(C)(C)O[C@@H]4[C@H]4C[C@@H](O)CC[C@]4(C)[C@H]3CC[C@]12C. The predicted molar refractivity (Wildman–Crippen MR) is 106 cm³/mol. The van der Waals surface area contributed by atoms with E-state index in [0.29, 0.717) is 23.2 Å². The number of aliphatic hydroxyl groups excluding tert-OH is 1. The highest BCUT2D eigenvalue weighted by Crippen LogP contribution is 2.69. The summed E-state index contributed by atoms with van der Waals surface area (Å²) in [6.45, 7) is 11.5. The average molecular weight is 375 g/mol. The van der Waals surface area contributed by atoms with E-state index in [1.54, 1.807) is 5.57 Å². The monoisotopic (exact) mass is 374 g/mol. The smallest absolute Gasteiger partial charge is 0.163 e. The first kappa shape index (κ1) is 18.6. The summed E-state index contributed by atoms with van der Waals surface area (Å²) >= 11 is 0. The predicted octanol–water partition coefficient (Wildman–Crippen LogP) is 5.08. The first-order valence-corrected chi connectivity index (χ1v) is 11.4. The van der Waals surface area contributed by atoms with E-state index < -0.39 is 5.79 Å². The van der Waals surface area contributed by atoms with Crippen LogP contribution in [-0.4, -0.2) is 29.2 Å². The van der Waals surface area contributed by atoms with Crippen LogP contribution in [0.4, 0.5) is 0 Å². The maximum Gasteiger partial charge on any atom is 0.163 e. The van der Waals surface area contributed by atoms with Crippen molar-refractivity contribution in [2.24, 2.45) is 34.5 Å². The lowest BCUT2D eigenvalue weighted by Gasteiger charge is -2.63. The van der Waals surface area contributed by atoms with E-state index in [9.17, 15) is 5.11 Å². The zero-order valence-corrected chi connectivity index (χ0v) is 17.8. The van der Waals surface area contributed by atoms with Crippen LogP contribution < -0.4 is 0 Å². The van der Waals surface area contributed by atoms with E-state index in [0.717, 1.165) is 25.2 Å². The molecule has 4 aliphatic carbocycles. The maximum absolute atomic E-state index is 10.5. The molecule has 0 spiro atoms. The third-order valence-corrected chi connectivity index (χ3v) is 9.70. The van der Waals surface area contributed by atoms with Gasteiger partial charge < -0.3 is 14.6 Å². The summed E-state index contributed by atoms with van der Waals surface area (Å²) in [4.78, 5) is 0. The lowest BCUT2D eigenvalue weighted by molar-refractivity contribution is -0.182. The topological polar surface area (TPSA) is 38.7 Å². The first-order valence-electron chi connectivity index (χ1n) is 11.4. The van der Waals surface area contributed by atoms with Crippen LogP contribution in [0.3, 0.4) is 0 Å². The largest absolute Gasteiger partial charge is 0.393 e. The molecule has 5 rings (SSSR count). The fourth-order valence-electron chi connectivity index (χ4n) is 8.48. The van der Waals surface area contributed by atoms with Gasteiger partial charge in [0.2, 0.25) is 0 Å². The molecule has 0 aromatic carbocycles. The minimum Gasteiger partial charge on any atom is -0.393 e. The Labute approximate surface area is 164 Å². The second-order valence-electron chi connectivity index (χ2n) is 11.2. The quantitative estimate of drug-likeness (QED) is 0.601. The number of hydrogen-bond acceptors (Lipinski definition) is 3. The van der Waals surface area contributed by atoms with Crippen LogP contribution in [-0.2, 0) is 9.47 Å². The molecule has 0 bridgehead atoms. The zero-order valence-electron chi connectivity index (χ0n) is 17.8. The minimum absolute atomic E-state index is 0.151. The Bertz CT molecular complexity index is 654. The van der Waals surface area contributed by atoms with Crippen molar-refractivity contribution in [1.29, 1.82) is 0 Å². The lowest BCUT2D eigenvalue weighted by Crippen LogP contribution is -2.63. The van der Waals surface area contributed by atoms with Gasteiger partial charge in [-0.1, -0.05) is 25.5 Å². The van der Waals surface area contributed by atoms with Crippen LogP contribution in [0.25, 0.3) is 0 Å². The maximum atomic E-state index is 10.5. The van der Waals surface area contributed by atoms with Gasteiger partial charge in [0.05, 0.1) is 18.3 Å². The Morgan fingerprint density at radius 3 is 2.41 bits per heavy atom. The summed E-state index contributed by atoms with van der Waals surface area (Å²) in [6.07, 6.45) is 10.8. The van der Waals surface area contributed by atoms with Gasteiger partial charge in [0.15, 0.2) is 5.79 Å². The second kappa shape index (κ2) is 5.83. The zero-order chi connectivity index (χ0) is 19.2. The van der Waals surface area contributed by atoms with Crippen molar-refractivity contribution in [3.8, 4) is 0 Å². The van der Waals surface area contributed by atoms with Gasteiger partial charge in [-0.2, -0.15) is 0 Å². The Morgan fingerprint density at radius 1 is 0.926 bits per heavy atom. The van der Waals surface area contributed by atoms with Gasteiger partial charge in [-0.25, -0.2) is 0 Å². The third-order valence-electron chi connectivity index (χ3n) is 9.70. The second-order valence-corrected chi connectivity index (χ2v) is 11.2. The molecule has 0 amide bonds. The Hall–Kier alpha value is -0.380. The van der Waals surface area contributed by atoms with Crippen molar-refractivity contribution in [2.45, 2.75) is 104 Å². The van der Waals surface area contributed by atoms with Gasteiger partial charge in [-0.3, -0.25) is 0 Å². The van der Waals surface area contributed by atoms with Crippen LogP contribution in [0, 0.1) is 34.5 Å². The molecule has 5 aliphatic rings. The van der Waals surface area contributed by atoms with Gasteiger partial charge in [0, 0.05) is 0 Å². The van der Waals surface area contributed by atoms with Gasteiger partial charge >= 0.3 is 0 Å². The van der Waals surface area contributed by atoms with Crippen LogP contribution in [0.15, 0.2) is 11.6 Å². The molecule has 152 valence electrons. The van der Waals surface area contributed by atoms with E-state index >= 15 is 0 Å². The summed E-state index contributed by atoms with van der Waals surface area (Å²) in [5.74, 6) is 1.97. The summed E-state index contributed by atoms with van der Waals surface area (Å²) in [5, 5.41) is 10.5. The molecule has 0 aromatic rings. The Morgan fingerprint density at radius 2 is 1.67 bits per heavy atom. The molecule has 0 unspecified atom stereocenters. The molecule has 4 saturated carbocycles. The van der Waals surface area contributed by atoms with Crippen molar-refractivity contribution in [3.05, 3.63) is 11.6 Å². The van der Waals surface area contributed by atoms with Crippen LogP contribution >= 0.6 is 0 Å². The molecule has 0 radical (unpaired) electrons. The molecule has 1 saturated heterocycles. The lowest BCUT2D eigenvalue weighted by atomic mass is 9.43. The normalized spacial score (nSPS) is 57.7. The first-order chi connectivity index (χ1) is 12.7. The molecule has 1 heterocycles. The van der Waals surface area contributed by atoms with Crippen LogP contribution in [0.1, 0.15) is 79.6 Å². The standard InChI is InChI=1S/C24H38O3/c1-6-14-7-8-16-19-17(10-12-23(14,16)4)24(5)11-9-15(25)13-18(24)20-21(19)27-22(2,3)26-20/h6,15-21,25H,7-13H2,1-5H3/b14-6-/t15-,16-,17-,18+,19-,20+,21+,23+,24+/m0/s1. The number of ether oxygens (including phenoxy) is 2. The summed E-state index contributed by atoms with van der Waals surface area (Å²) in [7, 11) is 0. The Balaban J connectivity index is 1.59. The highest BCUT2D eigenvalue weighted by Gasteiger charge is 2.67. The molecule has 0 aromatic heterocycles. The molecule has 5 fully saturated rings. The van der Waals surface area contributed by atoms with Crippen LogP contribution in [0.2, 0.25) is 0 Å². The van der Waals surface area contributed by atoms with Gasteiger partial charge in [0.1, 0.15) is 0 Å². The molecular weight excluding hydrogens is 336 g/mol. The summed E-state index contributed by atoms with van der Waals surface area (Å²) in [6, 6.07) is 0. The fraction of sp³-hybridized carbons (Fsp3) is 0.917. The van der Waals surface area contributed by atoms with Crippen molar-refractivity contribution in [1.82, 2.24) is 0 Å². The summed E-state index contributed by atoms with van der Waals surface area (Å²) < 4.78 is 13.2. The fourth-order valence-corrected chi connectivity index (χ4v) is 8.48. The summed E-state index contributed by atoms with van der Waals surface area (Å²) in [5.41, 5.74) is 2.33. The average Bonchev–Trinajstić information content (AvgIpc) is 3.11. The number of hydrogen-bond donors (Lipinski definition) is 1. The minimum atomic E-state index is -0.497. The van der Waals surface area contributed by atoms with Gasteiger partial charge in [0.25, 0.3) is 0 Å². The molecule has 9 atom stereocenters. The van der Waals surface area contributed by atoms with E-state index in [1.165, 1.54) is 25.7 Å². The molecular formula is C24H38O3. The van der Waals surface area contributed by atoms with Crippen molar-refractivity contribution < 1.29 is 14.6 Å². The number of fused-ring (bicyclic) bond motifs is 8. The van der Waals surface area contributed by atoms with E-state index in [1.807, 2.05) is 0 Å². The Kier molecular flexibility index (Phi) is 4.02. The van der Waals surface area contributed by atoms with Crippen molar-refractivity contribution in [2.75, 3.05) is 0 Å². The van der Waals surface area contributed by atoms with Crippen molar-refractivity contribution in [3.63, 3.8) is 0 Å². The van der Waals surface area contributed by atoms with E-state index in [4.69, 9.17) is 9.47 Å². The third kappa shape index (κ3) is 2.43. The number of allylic oxidation sites excluding steroid dienone is 2.